The summed E-state index contributed by atoms with van der Waals surface area (Å²) in [5.74, 6) is 0.640. The molecule has 0 saturated heterocycles. The minimum Gasteiger partial charge on any atom is -0.490 e. The molecule has 0 heterocycles. The number of benzene rings is 2. The lowest BCUT2D eigenvalue weighted by Crippen LogP contribution is -2.45. The van der Waals surface area contributed by atoms with E-state index >= 15 is 0 Å². The monoisotopic (exact) mass is 372 g/mol. The van der Waals surface area contributed by atoms with Gasteiger partial charge in [-0.2, -0.15) is 0 Å². The predicted octanol–water partition coefficient (Wildman–Crippen LogP) is 2.31. The van der Waals surface area contributed by atoms with E-state index in [0.717, 1.165) is 11.1 Å². The van der Waals surface area contributed by atoms with E-state index in [-0.39, 0.29) is 13.2 Å². The summed E-state index contributed by atoms with van der Waals surface area (Å²) in [7, 11) is 0. The third-order valence-corrected chi connectivity index (χ3v) is 3.41. The highest BCUT2D eigenvalue weighted by molar-refractivity contribution is 5.83. The standard InChI is InChI=1S/C20H24N2O5/c1-4-25-17-7-5-6-8-18(17)27-13-20(24)22-21-19(23)12-26-16-10-14(2)9-15(3)11-16/h5-11H,4,12-13H2,1-3H3,(H,21,23)(H,22,24). The van der Waals surface area contributed by atoms with E-state index in [1.165, 1.54) is 0 Å². The predicted molar refractivity (Wildman–Crippen MR) is 101 cm³/mol. The number of amides is 2. The smallest absolute Gasteiger partial charge is 0.276 e. The summed E-state index contributed by atoms with van der Waals surface area (Å²) in [5, 5.41) is 0. The lowest BCUT2D eigenvalue weighted by Gasteiger charge is -2.12. The second-order valence-corrected chi connectivity index (χ2v) is 5.88. The van der Waals surface area contributed by atoms with Crippen molar-refractivity contribution >= 4 is 11.8 Å². The van der Waals surface area contributed by atoms with Gasteiger partial charge in [0, 0.05) is 0 Å². The zero-order valence-corrected chi connectivity index (χ0v) is 15.7. The molecule has 0 bridgehead atoms. The minimum absolute atomic E-state index is 0.211. The van der Waals surface area contributed by atoms with Crippen molar-refractivity contribution in [3.63, 3.8) is 0 Å². The topological polar surface area (TPSA) is 85.9 Å². The van der Waals surface area contributed by atoms with Crippen molar-refractivity contribution in [2.45, 2.75) is 20.8 Å². The number of carbonyl (C=O) groups excluding carboxylic acids is 2. The highest BCUT2D eigenvalue weighted by Gasteiger charge is 2.09. The molecule has 2 N–H and O–H groups in total. The molecule has 0 spiro atoms. The Morgan fingerprint density at radius 3 is 1.89 bits per heavy atom. The molecule has 0 unspecified atom stereocenters. The zero-order valence-electron chi connectivity index (χ0n) is 15.7. The summed E-state index contributed by atoms with van der Waals surface area (Å²) >= 11 is 0. The maximum absolute atomic E-state index is 11.8. The third-order valence-electron chi connectivity index (χ3n) is 3.41. The van der Waals surface area contributed by atoms with E-state index in [4.69, 9.17) is 14.2 Å². The molecule has 2 rings (SSSR count). The maximum atomic E-state index is 11.8. The van der Waals surface area contributed by atoms with Gasteiger partial charge in [-0.05, 0) is 56.2 Å². The van der Waals surface area contributed by atoms with E-state index in [2.05, 4.69) is 10.9 Å². The molecule has 0 fully saturated rings. The molecule has 2 aromatic rings. The Morgan fingerprint density at radius 1 is 0.815 bits per heavy atom. The number of para-hydroxylation sites is 2. The Balaban J connectivity index is 1.72. The molecule has 0 aliphatic carbocycles. The van der Waals surface area contributed by atoms with Crippen LogP contribution in [0.15, 0.2) is 42.5 Å². The Hall–Kier alpha value is -3.22. The van der Waals surface area contributed by atoms with Gasteiger partial charge in [-0.3, -0.25) is 20.4 Å². The van der Waals surface area contributed by atoms with Gasteiger partial charge in [0.15, 0.2) is 24.7 Å². The fourth-order valence-electron chi connectivity index (χ4n) is 2.36. The first kappa shape index (κ1) is 20.1. The number of rotatable bonds is 8. The first-order chi connectivity index (χ1) is 13.0. The summed E-state index contributed by atoms with van der Waals surface area (Å²) < 4.78 is 16.3. The number of hydrazine groups is 1. The molecule has 0 aliphatic rings. The van der Waals surface area contributed by atoms with Gasteiger partial charge in [-0.25, -0.2) is 0 Å². The quantitative estimate of drug-likeness (QED) is 0.695. The van der Waals surface area contributed by atoms with Crippen LogP contribution in [0.5, 0.6) is 17.2 Å². The Bertz CT molecular complexity index is 771. The van der Waals surface area contributed by atoms with Crippen molar-refractivity contribution in [3.05, 3.63) is 53.6 Å². The van der Waals surface area contributed by atoms with Gasteiger partial charge < -0.3 is 14.2 Å². The van der Waals surface area contributed by atoms with Crippen LogP contribution in [0, 0.1) is 13.8 Å². The van der Waals surface area contributed by atoms with Crippen molar-refractivity contribution in [1.82, 2.24) is 10.9 Å². The molecule has 0 atom stereocenters. The maximum Gasteiger partial charge on any atom is 0.276 e. The lowest BCUT2D eigenvalue weighted by molar-refractivity contribution is -0.131. The van der Waals surface area contributed by atoms with E-state index in [1.54, 1.807) is 18.2 Å². The summed E-state index contributed by atoms with van der Waals surface area (Å²) in [6, 6.07) is 12.7. The minimum atomic E-state index is -0.499. The van der Waals surface area contributed by atoms with Crippen molar-refractivity contribution in [2.75, 3.05) is 19.8 Å². The zero-order chi connectivity index (χ0) is 19.6. The van der Waals surface area contributed by atoms with Crippen molar-refractivity contribution in [2.24, 2.45) is 0 Å². The van der Waals surface area contributed by atoms with Gasteiger partial charge in [0.25, 0.3) is 11.8 Å². The number of nitrogens with one attached hydrogen (secondary N) is 2. The van der Waals surface area contributed by atoms with Crippen LogP contribution in [0.2, 0.25) is 0 Å². The molecule has 7 nitrogen and oxygen atoms in total. The third kappa shape index (κ3) is 6.89. The molecule has 0 saturated carbocycles. The van der Waals surface area contributed by atoms with Gasteiger partial charge in [0.2, 0.25) is 0 Å². The van der Waals surface area contributed by atoms with Crippen LogP contribution in [0.25, 0.3) is 0 Å². The second-order valence-electron chi connectivity index (χ2n) is 5.88. The molecule has 2 amide bonds. The number of hydrogen-bond donors (Lipinski definition) is 2. The molecule has 144 valence electrons. The van der Waals surface area contributed by atoms with E-state index in [9.17, 15) is 9.59 Å². The summed E-state index contributed by atoms with van der Waals surface area (Å²) in [4.78, 5) is 23.6. The average molecular weight is 372 g/mol. The first-order valence-corrected chi connectivity index (χ1v) is 8.61. The molecule has 27 heavy (non-hydrogen) atoms. The van der Waals surface area contributed by atoms with Gasteiger partial charge >= 0.3 is 0 Å². The second kappa shape index (κ2) is 10.1. The number of ether oxygens (including phenoxy) is 3. The van der Waals surface area contributed by atoms with Crippen LogP contribution in [-0.4, -0.2) is 31.6 Å². The molecule has 2 aromatic carbocycles. The van der Waals surface area contributed by atoms with Crippen LogP contribution in [-0.2, 0) is 9.59 Å². The van der Waals surface area contributed by atoms with E-state index in [0.29, 0.717) is 23.9 Å². The normalized spacial score (nSPS) is 10.0. The summed E-state index contributed by atoms with van der Waals surface area (Å²) in [6.07, 6.45) is 0. The number of carbonyl (C=O) groups is 2. The molecular formula is C20H24N2O5. The Kier molecular flexibility index (Phi) is 7.49. The molecule has 0 aromatic heterocycles. The number of hydrogen-bond acceptors (Lipinski definition) is 5. The van der Waals surface area contributed by atoms with Gasteiger partial charge in [-0.1, -0.05) is 18.2 Å². The van der Waals surface area contributed by atoms with Crippen LogP contribution in [0.1, 0.15) is 18.1 Å². The first-order valence-electron chi connectivity index (χ1n) is 8.61. The van der Waals surface area contributed by atoms with Gasteiger partial charge in [-0.15, -0.1) is 0 Å². The summed E-state index contributed by atoms with van der Waals surface area (Å²) in [6.45, 7) is 5.77. The van der Waals surface area contributed by atoms with Crippen LogP contribution in [0.4, 0.5) is 0 Å². The largest absolute Gasteiger partial charge is 0.490 e. The molecule has 7 heteroatoms. The van der Waals surface area contributed by atoms with Crippen molar-refractivity contribution in [1.29, 1.82) is 0 Å². The van der Waals surface area contributed by atoms with E-state index < -0.39 is 11.8 Å². The van der Waals surface area contributed by atoms with Crippen molar-refractivity contribution < 1.29 is 23.8 Å². The molecular weight excluding hydrogens is 348 g/mol. The average Bonchev–Trinajstić information content (AvgIpc) is 2.63. The molecule has 0 radical (unpaired) electrons. The van der Waals surface area contributed by atoms with Crippen LogP contribution >= 0.6 is 0 Å². The van der Waals surface area contributed by atoms with Gasteiger partial charge in [0.1, 0.15) is 5.75 Å². The van der Waals surface area contributed by atoms with Crippen molar-refractivity contribution in [3.8, 4) is 17.2 Å². The fraction of sp³-hybridized carbons (Fsp3) is 0.300. The number of aryl methyl sites for hydroxylation is 2. The van der Waals surface area contributed by atoms with Gasteiger partial charge in [0.05, 0.1) is 6.61 Å². The lowest BCUT2D eigenvalue weighted by atomic mass is 10.1. The Labute approximate surface area is 158 Å². The fourth-order valence-corrected chi connectivity index (χ4v) is 2.36. The Morgan fingerprint density at radius 2 is 1.33 bits per heavy atom. The van der Waals surface area contributed by atoms with Crippen LogP contribution in [0.3, 0.4) is 0 Å². The van der Waals surface area contributed by atoms with Crippen LogP contribution < -0.4 is 25.1 Å². The molecule has 0 aliphatic heterocycles. The highest BCUT2D eigenvalue weighted by atomic mass is 16.5. The summed E-state index contributed by atoms with van der Waals surface area (Å²) in [5.41, 5.74) is 6.65. The highest BCUT2D eigenvalue weighted by Crippen LogP contribution is 2.26. The SMILES string of the molecule is CCOc1ccccc1OCC(=O)NNC(=O)COc1cc(C)cc(C)c1. The van der Waals surface area contributed by atoms with E-state index in [1.807, 2.05) is 45.0 Å².